The zero-order valence-corrected chi connectivity index (χ0v) is 18.9. The van der Waals surface area contributed by atoms with Crippen molar-refractivity contribution in [1.82, 2.24) is 14.8 Å². The van der Waals surface area contributed by atoms with E-state index in [4.69, 9.17) is 30.5 Å². The van der Waals surface area contributed by atoms with Gasteiger partial charge in [-0.05, 0) is 42.5 Å². The lowest BCUT2D eigenvalue weighted by Gasteiger charge is -2.21. The van der Waals surface area contributed by atoms with Crippen LogP contribution in [0, 0.1) is 0 Å². The Balaban J connectivity index is 1.38. The fourth-order valence-corrected chi connectivity index (χ4v) is 5.08. The molecule has 2 aliphatic heterocycles. The summed E-state index contributed by atoms with van der Waals surface area (Å²) in [6.07, 6.45) is 0. The lowest BCUT2D eigenvalue weighted by molar-refractivity contribution is -0.0168. The van der Waals surface area contributed by atoms with Crippen LogP contribution in [0.1, 0.15) is 11.1 Å². The molecular formula is C24H18ClN3O4S. The van der Waals surface area contributed by atoms with Crippen molar-refractivity contribution >= 4 is 23.4 Å². The Labute approximate surface area is 199 Å². The van der Waals surface area contributed by atoms with Crippen molar-refractivity contribution in [3.63, 3.8) is 0 Å². The average molecular weight is 480 g/mol. The number of ether oxygens (including phenoxy) is 4. The molecule has 6 rings (SSSR count). The molecule has 0 amide bonds. The number of hydrogen-bond donors (Lipinski definition) is 0. The van der Waals surface area contributed by atoms with Gasteiger partial charge in [0, 0.05) is 33.2 Å². The van der Waals surface area contributed by atoms with Crippen molar-refractivity contribution in [2.75, 3.05) is 13.6 Å². The average Bonchev–Trinajstić information content (AvgIpc) is 3.49. The van der Waals surface area contributed by atoms with E-state index in [1.807, 2.05) is 65.2 Å². The van der Waals surface area contributed by atoms with Crippen molar-refractivity contribution in [3.8, 4) is 34.3 Å². The van der Waals surface area contributed by atoms with E-state index in [1.165, 1.54) is 0 Å². The SMILES string of the molecule is Clc1cc2c(c(CSc3nnc(-c4ccc5c(c4)OCO5)n3-c3ccccc3)c1)OCOC2. The van der Waals surface area contributed by atoms with Crippen LogP contribution in [0.5, 0.6) is 17.2 Å². The number of nitrogens with zero attached hydrogens (tertiary/aromatic N) is 3. The molecule has 0 aliphatic carbocycles. The molecule has 3 aromatic carbocycles. The van der Waals surface area contributed by atoms with Gasteiger partial charge in [0.15, 0.2) is 29.3 Å². The monoisotopic (exact) mass is 479 g/mol. The number of benzene rings is 3. The summed E-state index contributed by atoms with van der Waals surface area (Å²) < 4.78 is 24.2. The summed E-state index contributed by atoms with van der Waals surface area (Å²) in [5, 5.41) is 10.5. The molecule has 0 bridgehead atoms. The molecule has 0 radical (unpaired) electrons. The third-order valence-corrected chi connectivity index (χ3v) is 6.58. The molecule has 0 N–H and O–H groups in total. The molecule has 0 saturated heterocycles. The topological polar surface area (TPSA) is 67.6 Å². The van der Waals surface area contributed by atoms with Gasteiger partial charge in [-0.25, -0.2) is 0 Å². The molecule has 7 nitrogen and oxygen atoms in total. The molecule has 0 atom stereocenters. The van der Waals surface area contributed by atoms with Crippen LogP contribution in [-0.2, 0) is 17.1 Å². The highest BCUT2D eigenvalue weighted by Gasteiger charge is 2.22. The van der Waals surface area contributed by atoms with Crippen molar-refractivity contribution in [2.45, 2.75) is 17.5 Å². The van der Waals surface area contributed by atoms with Crippen LogP contribution in [0.3, 0.4) is 0 Å². The highest BCUT2D eigenvalue weighted by atomic mass is 35.5. The Morgan fingerprint density at radius 3 is 2.70 bits per heavy atom. The highest BCUT2D eigenvalue weighted by molar-refractivity contribution is 7.98. The highest BCUT2D eigenvalue weighted by Crippen LogP contribution is 2.39. The second-order valence-electron chi connectivity index (χ2n) is 7.50. The van der Waals surface area contributed by atoms with Crippen LogP contribution < -0.4 is 14.2 Å². The molecule has 2 aliphatic rings. The van der Waals surface area contributed by atoms with E-state index in [2.05, 4.69) is 10.2 Å². The van der Waals surface area contributed by atoms with Gasteiger partial charge >= 0.3 is 0 Å². The molecule has 0 spiro atoms. The fourth-order valence-electron chi connectivity index (χ4n) is 3.90. The lowest BCUT2D eigenvalue weighted by Crippen LogP contribution is -2.13. The van der Waals surface area contributed by atoms with Crippen molar-refractivity contribution in [3.05, 3.63) is 76.8 Å². The fraction of sp³-hybridized carbons (Fsp3) is 0.167. The smallest absolute Gasteiger partial charge is 0.231 e. The molecular weight excluding hydrogens is 462 g/mol. The second kappa shape index (κ2) is 8.62. The normalized spacial score (nSPS) is 14.1. The number of halogens is 1. The predicted molar refractivity (Wildman–Crippen MR) is 124 cm³/mol. The Hall–Kier alpha value is -3.20. The van der Waals surface area contributed by atoms with Gasteiger partial charge in [0.2, 0.25) is 6.79 Å². The molecule has 1 aromatic heterocycles. The Morgan fingerprint density at radius 1 is 0.909 bits per heavy atom. The Bertz CT molecular complexity index is 1330. The Kier molecular flexibility index (Phi) is 5.33. The number of fused-ring (bicyclic) bond motifs is 2. The van der Waals surface area contributed by atoms with E-state index < -0.39 is 0 Å². The summed E-state index contributed by atoms with van der Waals surface area (Å²) in [5.41, 5.74) is 3.81. The summed E-state index contributed by atoms with van der Waals surface area (Å²) in [4.78, 5) is 0. The van der Waals surface area contributed by atoms with E-state index in [0.717, 1.165) is 44.9 Å². The third kappa shape index (κ3) is 3.90. The van der Waals surface area contributed by atoms with E-state index in [9.17, 15) is 0 Å². The number of rotatable bonds is 5. The van der Waals surface area contributed by atoms with Gasteiger partial charge in [-0.2, -0.15) is 0 Å². The largest absolute Gasteiger partial charge is 0.467 e. The zero-order valence-electron chi connectivity index (χ0n) is 17.4. The number of thioether (sulfide) groups is 1. The van der Waals surface area contributed by atoms with E-state index in [-0.39, 0.29) is 13.6 Å². The molecule has 4 aromatic rings. The van der Waals surface area contributed by atoms with Gasteiger partial charge in [-0.1, -0.05) is 41.6 Å². The number of hydrogen-bond acceptors (Lipinski definition) is 7. The minimum Gasteiger partial charge on any atom is -0.467 e. The number of para-hydroxylation sites is 1. The van der Waals surface area contributed by atoms with E-state index in [1.54, 1.807) is 11.8 Å². The summed E-state index contributed by atoms with van der Waals surface area (Å²) in [5.74, 6) is 3.61. The first kappa shape index (κ1) is 20.4. The molecule has 3 heterocycles. The van der Waals surface area contributed by atoms with E-state index >= 15 is 0 Å². The summed E-state index contributed by atoms with van der Waals surface area (Å²) in [6.45, 7) is 0.950. The maximum absolute atomic E-state index is 6.35. The summed E-state index contributed by atoms with van der Waals surface area (Å²) >= 11 is 7.92. The van der Waals surface area contributed by atoms with E-state index in [0.29, 0.717) is 23.1 Å². The van der Waals surface area contributed by atoms with Crippen LogP contribution >= 0.6 is 23.4 Å². The minimum absolute atomic E-state index is 0.225. The zero-order chi connectivity index (χ0) is 22.2. The van der Waals surface area contributed by atoms with Crippen LogP contribution in [0.2, 0.25) is 5.02 Å². The molecule has 0 saturated carbocycles. The Morgan fingerprint density at radius 2 is 1.79 bits per heavy atom. The number of aromatic nitrogens is 3. The van der Waals surface area contributed by atoms with Crippen molar-refractivity contribution in [2.24, 2.45) is 0 Å². The van der Waals surface area contributed by atoms with Crippen LogP contribution in [0.4, 0.5) is 0 Å². The maximum atomic E-state index is 6.35. The molecule has 9 heteroatoms. The lowest BCUT2D eigenvalue weighted by atomic mass is 10.1. The molecule has 0 fully saturated rings. The third-order valence-electron chi connectivity index (χ3n) is 5.39. The first-order valence-corrected chi connectivity index (χ1v) is 11.7. The van der Waals surface area contributed by atoms with Crippen molar-refractivity contribution < 1.29 is 18.9 Å². The first-order valence-electron chi connectivity index (χ1n) is 10.3. The van der Waals surface area contributed by atoms with Crippen LogP contribution in [0.15, 0.2) is 65.8 Å². The van der Waals surface area contributed by atoms with Gasteiger partial charge in [-0.3, -0.25) is 4.57 Å². The van der Waals surface area contributed by atoms with Gasteiger partial charge in [-0.15, -0.1) is 10.2 Å². The van der Waals surface area contributed by atoms with Gasteiger partial charge in [0.1, 0.15) is 5.75 Å². The van der Waals surface area contributed by atoms with Crippen LogP contribution in [0.25, 0.3) is 17.1 Å². The standard InChI is InChI=1S/C24H18ClN3O4S/c25-18-8-16-11-29-13-32-22(16)17(9-18)12-33-24-27-26-23(28(24)19-4-2-1-3-5-19)15-6-7-20-21(10-15)31-14-30-20/h1-10H,11-14H2. The first-order chi connectivity index (χ1) is 16.3. The van der Waals surface area contributed by atoms with Gasteiger partial charge < -0.3 is 18.9 Å². The van der Waals surface area contributed by atoms with Gasteiger partial charge in [0.25, 0.3) is 0 Å². The maximum Gasteiger partial charge on any atom is 0.231 e. The quantitative estimate of drug-likeness (QED) is 0.351. The summed E-state index contributed by atoms with van der Waals surface area (Å²) in [6, 6.07) is 19.6. The minimum atomic E-state index is 0.225. The predicted octanol–water partition coefficient (Wildman–Crippen LogP) is 5.48. The molecule has 33 heavy (non-hydrogen) atoms. The second-order valence-corrected chi connectivity index (χ2v) is 8.88. The summed E-state index contributed by atoms with van der Waals surface area (Å²) in [7, 11) is 0. The molecule has 166 valence electrons. The molecule has 0 unspecified atom stereocenters. The van der Waals surface area contributed by atoms with Crippen molar-refractivity contribution in [1.29, 1.82) is 0 Å². The van der Waals surface area contributed by atoms with Gasteiger partial charge in [0.05, 0.1) is 6.61 Å². The van der Waals surface area contributed by atoms with Crippen LogP contribution in [-0.4, -0.2) is 28.4 Å².